The Hall–Kier alpha value is -0.790. The molecule has 0 heterocycles. The first kappa shape index (κ1) is 20.5. The normalized spacial score (nSPS) is 9.37. The highest BCUT2D eigenvalue weighted by Crippen LogP contribution is 2.10. The standard InChI is InChI=1S/C14H29NO.C3H6/c1-2-3-4-5-6-7-8-9-10-11-12-13-15-14-16;1-3-2/h14H,2-13H2,1H3,(H,15,16);3H,1H2,2H3. The van der Waals surface area contributed by atoms with E-state index in [0.717, 1.165) is 19.4 Å². The molecule has 1 N–H and O–H groups in total. The Morgan fingerprint density at radius 2 is 1.21 bits per heavy atom. The highest BCUT2D eigenvalue weighted by Gasteiger charge is 1.92. The fourth-order valence-electron chi connectivity index (χ4n) is 1.95. The lowest BCUT2D eigenvalue weighted by Crippen LogP contribution is -2.11. The molecule has 0 atom stereocenters. The second-order valence-electron chi connectivity index (χ2n) is 5.02. The molecule has 0 aliphatic carbocycles. The van der Waals surface area contributed by atoms with Crippen LogP contribution < -0.4 is 5.32 Å². The Bertz CT molecular complexity index is 169. The Morgan fingerprint density at radius 1 is 0.842 bits per heavy atom. The minimum absolute atomic E-state index is 0.788. The number of nitrogens with one attached hydrogen (secondary N) is 1. The zero-order chi connectivity index (χ0) is 14.6. The van der Waals surface area contributed by atoms with Crippen molar-refractivity contribution in [3.8, 4) is 0 Å². The Labute approximate surface area is 121 Å². The molecule has 114 valence electrons. The van der Waals surface area contributed by atoms with Gasteiger partial charge in [0, 0.05) is 6.54 Å². The molecule has 0 fully saturated rings. The Kier molecular flexibility index (Phi) is 24.2. The molecule has 0 bridgehead atoms. The van der Waals surface area contributed by atoms with Crippen LogP contribution in [-0.2, 0) is 4.79 Å². The summed E-state index contributed by atoms with van der Waals surface area (Å²) in [7, 11) is 0. The van der Waals surface area contributed by atoms with Gasteiger partial charge in [0.2, 0.25) is 6.41 Å². The van der Waals surface area contributed by atoms with E-state index >= 15 is 0 Å². The molecule has 1 amide bonds. The zero-order valence-electron chi connectivity index (χ0n) is 13.3. The predicted octanol–water partition coefficient (Wildman–Crippen LogP) is 5.24. The van der Waals surface area contributed by atoms with Crippen molar-refractivity contribution in [3.05, 3.63) is 12.7 Å². The summed E-state index contributed by atoms with van der Waals surface area (Å²) in [5.74, 6) is 0. The fraction of sp³-hybridized carbons (Fsp3) is 0.824. The van der Waals surface area contributed by atoms with E-state index in [9.17, 15) is 4.79 Å². The topological polar surface area (TPSA) is 29.1 Å². The lowest BCUT2D eigenvalue weighted by atomic mass is 10.1. The number of allylic oxidation sites excluding steroid dienone is 1. The molecule has 0 unspecified atom stereocenters. The van der Waals surface area contributed by atoms with Crippen LogP contribution in [0.3, 0.4) is 0 Å². The average Bonchev–Trinajstić information content (AvgIpc) is 2.41. The molecule has 0 saturated heterocycles. The number of hydrogen-bond acceptors (Lipinski definition) is 1. The molecule has 0 radical (unpaired) electrons. The number of amides is 1. The Balaban J connectivity index is 0. The maximum absolute atomic E-state index is 9.98. The van der Waals surface area contributed by atoms with E-state index in [2.05, 4.69) is 18.8 Å². The summed E-state index contributed by atoms with van der Waals surface area (Å²) in [6, 6.07) is 0. The smallest absolute Gasteiger partial charge is 0.207 e. The first-order valence-corrected chi connectivity index (χ1v) is 8.07. The van der Waals surface area contributed by atoms with Gasteiger partial charge in [-0.25, -0.2) is 0 Å². The van der Waals surface area contributed by atoms with Crippen molar-refractivity contribution in [2.45, 2.75) is 84.5 Å². The van der Waals surface area contributed by atoms with Gasteiger partial charge < -0.3 is 5.32 Å². The maximum atomic E-state index is 9.98. The molecule has 0 aliphatic heterocycles. The van der Waals surface area contributed by atoms with Gasteiger partial charge in [-0.15, -0.1) is 6.58 Å². The third kappa shape index (κ3) is 26.7. The van der Waals surface area contributed by atoms with Crippen LogP contribution >= 0.6 is 0 Å². The summed E-state index contributed by atoms with van der Waals surface area (Å²) in [6.45, 7) is 8.36. The molecule has 0 aromatic heterocycles. The number of carbonyl (C=O) groups is 1. The van der Waals surface area contributed by atoms with Gasteiger partial charge in [0.15, 0.2) is 0 Å². The van der Waals surface area contributed by atoms with Crippen LogP contribution in [0, 0.1) is 0 Å². The van der Waals surface area contributed by atoms with Gasteiger partial charge in [-0.05, 0) is 13.3 Å². The summed E-state index contributed by atoms with van der Waals surface area (Å²) in [4.78, 5) is 9.98. The Morgan fingerprint density at radius 3 is 1.58 bits per heavy atom. The van der Waals surface area contributed by atoms with Crippen LogP contribution in [0.25, 0.3) is 0 Å². The largest absolute Gasteiger partial charge is 0.359 e. The quantitative estimate of drug-likeness (QED) is 0.277. The molecular weight excluding hydrogens is 234 g/mol. The molecule has 0 aliphatic rings. The van der Waals surface area contributed by atoms with Crippen LogP contribution in [0.5, 0.6) is 0 Å². The molecule has 0 spiro atoms. The van der Waals surface area contributed by atoms with Crippen LogP contribution in [0.4, 0.5) is 0 Å². The summed E-state index contributed by atoms with van der Waals surface area (Å²) < 4.78 is 0. The van der Waals surface area contributed by atoms with Gasteiger partial charge in [0.1, 0.15) is 0 Å². The van der Waals surface area contributed by atoms with E-state index in [1.54, 1.807) is 6.08 Å². The van der Waals surface area contributed by atoms with Crippen molar-refractivity contribution >= 4 is 6.41 Å². The minimum Gasteiger partial charge on any atom is -0.359 e. The lowest BCUT2D eigenvalue weighted by Gasteiger charge is -2.02. The molecule has 19 heavy (non-hydrogen) atoms. The molecule has 2 heteroatoms. The zero-order valence-corrected chi connectivity index (χ0v) is 13.3. The van der Waals surface area contributed by atoms with Gasteiger partial charge in [0.25, 0.3) is 0 Å². The number of hydrogen-bond donors (Lipinski definition) is 1. The minimum atomic E-state index is 0.788. The molecule has 0 saturated carbocycles. The van der Waals surface area contributed by atoms with Gasteiger partial charge in [-0.3, -0.25) is 4.79 Å². The summed E-state index contributed by atoms with van der Waals surface area (Å²) in [5.41, 5.74) is 0. The molecule has 0 aromatic rings. The molecule has 2 nitrogen and oxygen atoms in total. The number of unbranched alkanes of at least 4 members (excludes halogenated alkanes) is 10. The van der Waals surface area contributed by atoms with E-state index in [-0.39, 0.29) is 0 Å². The van der Waals surface area contributed by atoms with E-state index in [1.807, 2.05) is 6.92 Å². The first-order valence-electron chi connectivity index (χ1n) is 8.07. The SMILES string of the molecule is C=CC.CCCCCCCCCCCCCNC=O. The van der Waals surface area contributed by atoms with Crippen molar-refractivity contribution in [2.75, 3.05) is 6.54 Å². The average molecular weight is 269 g/mol. The number of rotatable bonds is 13. The predicted molar refractivity (Wildman–Crippen MR) is 86.4 cm³/mol. The third-order valence-corrected chi connectivity index (χ3v) is 3.01. The van der Waals surface area contributed by atoms with E-state index in [0.29, 0.717) is 0 Å². The number of carbonyl (C=O) groups excluding carboxylic acids is 1. The van der Waals surface area contributed by atoms with Crippen molar-refractivity contribution < 1.29 is 4.79 Å². The third-order valence-electron chi connectivity index (χ3n) is 3.01. The highest BCUT2D eigenvalue weighted by atomic mass is 16.1. The second-order valence-corrected chi connectivity index (χ2v) is 5.02. The van der Waals surface area contributed by atoms with E-state index < -0.39 is 0 Å². The van der Waals surface area contributed by atoms with Gasteiger partial charge in [0.05, 0.1) is 0 Å². The van der Waals surface area contributed by atoms with Gasteiger partial charge in [-0.1, -0.05) is 77.2 Å². The maximum Gasteiger partial charge on any atom is 0.207 e. The van der Waals surface area contributed by atoms with Gasteiger partial charge >= 0.3 is 0 Å². The van der Waals surface area contributed by atoms with Crippen LogP contribution in [0.2, 0.25) is 0 Å². The first-order chi connectivity index (χ1) is 9.33. The summed E-state index contributed by atoms with van der Waals surface area (Å²) in [5, 5.41) is 2.70. The van der Waals surface area contributed by atoms with Crippen LogP contribution in [-0.4, -0.2) is 13.0 Å². The van der Waals surface area contributed by atoms with E-state index in [1.165, 1.54) is 64.2 Å². The van der Waals surface area contributed by atoms with Crippen molar-refractivity contribution in [3.63, 3.8) is 0 Å². The molecule has 0 aromatic carbocycles. The van der Waals surface area contributed by atoms with Gasteiger partial charge in [-0.2, -0.15) is 0 Å². The van der Waals surface area contributed by atoms with Crippen molar-refractivity contribution in [1.29, 1.82) is 0 Å². The summed E-state index contributed by atoms with van der Waals surface area (Å²) >= 11 is 0. The summed E-state index contributed by atoms with van der Waals surface area (Å²) in [6.07, 6.45) is 17.5. The molecule has 0 rings (SSSR count). The monoisotopic (exact) mass is 269 g/mol. The van der Waals surface area contributed by atoms with Crippen LogP contribution in [0.1, 0.15) is 84.5 Å². The second kappa shape index (κ2) is 22.4. The van der Waals surface area contributed by atoms with Crippen LogP contribution in [0.15, 0.2) is 12.7 Å². The van der Waals surface area contributed by atoms with Crippen molar-refractivity contribution in [1.82, 2.24) is 5.32 Å². The molecular formula is C17H35NO. The van der Waals surface area contributed by atoms with Crippen molar-refractivity contribution in [2.24, 2.45) is 0 Å². The lowest BCUT2D eigenvalue weighted by molar-refractivity contribution is -0.109. The fourth-order valence-corrected chi connectivity index (χ4v) is 1.95. The van der Waals surface area contributed by atoms with E-state index in [4.69, 9.17) is 0 Å². The highest BCUT2D eigenvalue weighted by molar-refractivity contribution is 5.45.